The summed E-state index contributed by atoms with van der Waals surface area (Å²) in [5.41, 5.74) is 2.05. The van der Waals surface area contributed by atoms with E-state index in [0.29, 0.717) is 0 Å². The lowest BCUT2D eigenvalue weighted by atomic mass is 10.1. The van der Waals surface area contributed by atoms with Crippen molar-refractivity contribution >= 4 is 34.8 Å². The molecule has 0 aliphatic heterocycles. The van der Waals surface area contributed by atoms with E-state index in [-0.39, 0.29) is 18.2 Å². The highest BCUT2D eigenvalue weighted by Gasteiger charge is 1.99. The molecule has 0 bridgehead atoms. The van der Waals surface area contributed by atoms with Gasteiger partial charge in [-0.1, -0.05) is 24.3 Å². The second-order valence-electron chi connectivity index (χ2n) is 2.94. The average Bonchev–Trinajstić information content (AvgIpc) is 2.30. The lowest BCUT2D eigenvalue weighted by Gasteiger charge is -2.00. The number of hydrogen-bond donors (Lipinski definition) is 0. The molecule has 4 heteroatoms. The highest BCUT2D eigenvalue weighted by Crippen LogP contribution is 2.13. The predicted octanol–water partition coefficient (Wildman–Crippen LogP) is 1.78. The molecule has 2 aromatic rings. The summed E-state index contributed by atoms with van der Waals surface area (Å²) >= 11 is 3.32. The van der Waals surface area contributed by atoms with Gasteiger partial charge in [-0.2, -0.15) is 13.9 Å². The molecule has 0 saturated heterocycles. The second-order valence-corrected chi connectivity index (χ2v) is 5.71. The highest BCUT2D eigenvalue weighted by molar-refractivity contribution is 9.23. The van der Waals surface area contributed by atoms with Crippen LogP contribution in [0.4, 0.5) is 0 Å². The summed E-state index contributed by atoms with van der Waals surface area (Å²) in [6.45, 7) is 0. The summed E-state index contributed by atoms with van der Waals surface area (Å²) < 4.78 is 1.40. The number of rotatable bonds is 2. The minimum absolute atomic E-state index is 0.228. The molecule has 0 atom stereocenters. The van der Waals surface area contributed by atoms with Crippen LogP contribution in [-0.2, 0) is 0 Å². The molecule has 0 fully saturated rings. The van der Waals surface area contributed by atoms with Gasteiger partial charge in [0, 0.05) is 11.8 Å². The van der Waals surface area contributed by atoms with Gasteiger partial charge in [-0.15, -0.1) is 0 Å². The van der Waals surface area contributed by atoms with Crippen molar-refractivity contribution in [2.24, 2.45) is 0 Å². The molecular formula is C10H7BrMgN2. The van der Waals surface area contributed by atoms with Crippen LogP contribution in [-0.4, -0.2) is 28.4 Å². The van der Waals surface area contributed by atoms with Gasteiger partial charge in [0.1, 0.15) is 0 Å². The molecule has 0 aliphatic carbocycles. The van der Waals surface area contributed by atoms with Gasteiger partial charge in [-0.3, -0.25) is 12.9 Å². The van der Waals surface area contributed by atoms with Gasteiger partial charge >= 0.3 is 18.2 Å². The number of benzene rings is 1. The smallest absolute Gasteiger partial charge is 0.296 e. The molecule has 66 valence electrons. The normalized spacial score (nSPS) is 9.50. The van der Waals surface area contributed by atoms with Gasteiger partial charge in [-0.25, -0.2) is 0 Å². The highest BCUT2D eigenvalue weighted by atomic mass is 79.9. The van der Waals surface area contributed by atoms with Gasteiger partial charge < -0.3 is 0 Å². The Morgan fingerprint density at radius 2 is 1.86 bits per heavy atom. The first-order chi connectivity index (χ1) is 6.90. The van der Waals surface area contributed by atoms with Gasteiger partial charge in [-0.05, 0) is 12.1 Å². The summed E-state index contributed by atoms with van der Waals surface area (Å²) in [4.78, 5) is 0. The maximum absolute atomic E-state index is 4.05. The second kappa shape index (κ2) is 4.86. The van der Waals surface area contributed by atoms with Gasteiger partial charge in [0.2, 0.25) is 0 Å². The molecule has 14 heavy (non-hydrogen) atoms. The van der Waals surface area contributed by atoms with Crippen LogP contribution in [0.2, 0.25) is 0 Å². The topological polar surface area (TPSA) is 25.8 Å². The van der Waals surface area contributed by atoms with E-state index in [4.69, 9.17) is 0 Å². The summed E-state index contributed by atoms with van der Waals surface area (Å²) in [5.74, 6) is 0. The van der Waals surface area contributed by atoms with E-state index in [1.54, 1.807) is 6.20 Å². The Kier molecular flexibility index (Phi) is 3.50. The standard InChI is InChI=1S/C10H7N2.BrH.Mg/c1-2-5-9(6-3-1)10-7-4-8-11-12-10;;/h2-8H;1H;/q;;+1/p-1. The molecule has 0 unspecified atom stereocenters. The summed E-state index contributed by atoms with van der Waals surface area (Å²) in [6.07, 6.45) is 1.68. The first kappa shape index (κ1) is 10.1. The predicted molar refractivity (Wildman–Crippen MR) is 61.8 cm³/mol. The zero-order chi connectivity index (χ0) is 9.80. The average molecular weight is 259 g/mol. The monoisotopic (exact) mass is 258 g/mol. The summed E-state index contributed by atoms with van der Waals surface area (Å²) in [5, 5.41) is 7.91. The zero-order valence-corrected chi connectivity index (χ0v) is 10.5. The van der Waals surface area contributed by atoms with Crippen LogP contribution < -0.4 is 3.69 Å². The fraction of sp³-hybridized carbons (Fsp3) is 0. The fourth-order valence-electron chi connectivity index (χ4n) is 1.22. The van der Waals surface area contributed by atoms with E-state index in [2.05, 4.69) is 47.3 Å². The van der Waals surface area contributed by atoms with Crippen molar-refractivity contribution in [1.82, 2.24) is 10.2 Å². The largest absolute Gasteiger partial charge is 0.506 e. The first-order valence-electron chi connectivity index (χ1n) is 4.33. The molecule has 0 N–H and O–H groups in total. The Bertz CT molecular complexity index is 402. The third-order valence-electron chi connectivity index (χ3n) is 1.98. The Hall–Kier alpha value is -0.454. The van der Waals surface area contributed by atoms with Crippen molar-refractivity contribution in [3.8, 4) is 11.3 Å². The number of aromatic nitrogens is 2. The van der Waals surface area contributed by atoms with Crippen LogP contribution in [0.3, 0.4) is 0 Å². The van der Waals surface area contributed by atoms with Crippen LogP contribution in [0.15, 0.2) is 42.6 Å². The van der Waals surface area contributed by atoms with E-state index < -0.39 is 0 Å². The third kappa shape index (κ3) is 2.32. The maximum Gasteiger partial charge on any atom is 0.506 e. The Morgan fingerprint density at radius 1 is 1.07 bits per heavy atom. The van der Waals surface area contributed by atoms with E-state index in [1.165, 1.54) is 3.69 Å². The minimum Gasteiger partial charge on any atom is -0.296 e. The first-order valence-corrected chi connectivity index (χ1v) is 8.94. The number of hydrogen-bond acceptors (Lipinski definition) is 2. The van der Waals surface area contributed by atoms with E-state index in [0.717, 1.165) is 11.3 Å². The molecule has 1 aromatic heterocycles. The van der Waals surface area contributed by atoms with Crippen LogP contribution in [0.5, 0.6) is 0 Å². The van der Waals surface area contributed by atoms with Crippen molar-refractivity contribution in [3.05, 3.63) is 42.6 Å². The molecule has 2 nitrogen and oxygen atoms in total. The van der Waals surface area contributed by atoms with Crippen LogP contribution in [0, 0.1) is 0 Å². The summed E-state index contributed by atoms with van der Waals surface area (Å²) in [6, 6.07) is 12.3. The molecule has 2 rings (SSSR count). The van der Waals surface area contributed by atoms with Crippen LogP contribution in [0.25, 0.3) is 11.3 Å². The maximum atomic E-state index is 4.05. The zero-order valence-electron chi connectivity index (χ0n) is 7.52. The quantitative estimate of drug-likeness (QED) is 0.768. The van der Waals surface area contributed by atoms with Gasteiger partial charge in [0.15, 0.2) is 0 Å². The molecule has 0 spiro atoms. The van der Waals surface area contributed by atoms with Crippen molar-refractivity contribution in [3.63, 3.8) is 0 Å². The lowest BCUT2D eigenvalue weighted by molar-refractivity contribution is 1.04. The number of halogens is 1. The van der Waals surface area contributed by atoms with Crippen LogP contribution in [0.1, 0.15) is 0 Å². The van der Waals surface area contributed by atoms with E-state index in [1.807, 2.05) is 12.1 Å². The molecule has 0 amide bonds. The minimum atomic E-state index is -0.228. The van der Waals surface area contributed by atoms with Crippen molar-refractivity contribution in [1.29, 1.82) is 0 Å². The SMILES string of the molecule is [Br][Mg][c]1ccc(-c2cccnn2)cc1. The van der Waals surface area contributed by atoms with Crippen LogP contribution >= 0.6 is 12.9 Å². The van der Waals surface area contributed by atoms with Crippen molar-refractivity contribution in [2.45, 2.75) is 0 Å². The third-order valence-corrected chi connectivity index (χ3v) is 4.70. The Balaban J connectivity index is 2.34. The molecule has 1 heterocycles. The molecule has 0 radical (unpaired) electrons. The Morgan fingerprint density at radius 3 is 2.43 bits per heavy atom. The Labute approximate surface area is 98.3 Å². The molecule has 0 aliphatic rings. The lowest BCUT2D eigenvalue weighted by Crippen LogP contribution is -2.06. The van der Waals surface area contributed by atoms with Gasteiger partial charge in [0.05, 0.1) is 5.69 Å². The van der Waals surface area contributed by atoms with Crippen molar-refractivity contribution < 1.29 is 0 Å². The molecule has 1 aromatic carbocycles. The molecular weight excluding hydrogens is 252 g/mol. The van der Waals surface area contributed by atoms with E-state index in [9.17, 15) is 0 Å². The van der Waals surface area contributed by atoms with Crippen molar-refractivity contribution in [2.75, 3.05) is 0 Å². The summed E-state index contributed by atoms with van der Waals surface area (Å²) in [7, 11) is 0. The number of nitrogens with zero attached hydrogens (tertiary/aromatic N) is 2. The molecule has 0 saturated carbocycles. The van der Waals surface area contributed by atoms with E-state index >= 15 is 0 Å². The van der Waals surface area contributed by atoms with Gasteiger partial charge in [0.25, 0.3) is 0 Å². The fourth-order valence-corrected chi connectivity index (χ4v) is 2.76.